The van der Waals surface area contributed by atoms with Crippen molar-refractivity contribution >= 4 is 10.0 Å². The zero-order valence-corrected chi connectivity index (χ0v) is 12.0. The van der Waals surface area contributed by atoms with E-state index in [1.165, 1.54) is 12.6 Å². The summed E-state index contributed by atoms with van der Waals surface area (Å²) in [6, 6.07) is 1.86. The van der Waals surface area contributed by atoms with E-state index >= 15 is 0 Å². The molecule has 0 aliphatic carbocycles. The molecule has 0 amide bonds. The number of likely N-dealkylation sites (N-methyl/N-ethyl adjacent to an activating group) is 1. The predicted octanol–water partition coefficient (Wildman–Crippen LogP) is 0.236. The van der Waals surface area contributed by atoms with Crippen molar-refractivity contribution in [1.82, 2.24) is 14.6 Å². The predicted molar refractivity (Wildman–Crippen MR) is 74.1 cm³/mol. The zero-order valence-electron chi connectivity index (χ0n) is 11.2. The number of nitrogens with zero attached hydrogens (tertiary/aromatic N) is 1. The average molecular weight is 286 g/mol. The molecule has 19 heavy (non-hydrogen) atoms. The Bertz CT molecular complexity index is 512. The minimum Gasteiger partial charge on any atom is -0.363 e. The van der Waals surface area contributed by atoms with Crippen molar-refractivity contribution in [2.45, 2.75) is 36.7 Å². The Morgan fingerprint density at radius 1 is 1.53 bits per heavy atom. The van der Waals surface area contributed by atoms with E-state index in [1.807, 2.05) is 7.05 Å². The van der Waals surface area contributed by atoms with Gasteiger partial charge in [0.15, 0.2) is 0 Å². The van der Waals surface area contributed by atoms with Gasteiger partial charge >= 0.3 is 0 Å². The Morgan fingerprint density at radius 2 is 2.32 bits per heavy atom. The minimum absolute atomic E-state index is 0.256. The molecule has 108 valence electrons. The van der Waals surface area contributed by atoms with Gasteiger partial charge in [-0.25, -0.2) is 13.1 Å². The first-order valence-electron chi connectivity index (χ1n) is 6.60. The SMILES string of the molecule is CN1CCCCC1CNS(=O)(=O)c1c[nH]c(CN)c1. The first kappa shape index (κ1) is 14.5. The Balaban J connectivity index is 1.97. The van der Waals surface area contributed by atoms with Crippen LogP contribution in [0, 0.1) is 0 Å². The number of rotatable bonds is 5. The lowest BCUT2D eigenvalue weighted by molar-refractivity contribution is 0.187. The van der Waals surface area contributed by atoms with E-state index < -0.39 is 10.0 Å². The molecule has 6 nitrogen and oxygen atoms in total. The zero-order chi connectivity index (χ0) is 13.9. The first-order valence-corrected chi connectivity index (χ1v) is 8.08. The molecule has 1 aromatic heterocycles. The van der Waals surface area contributed by atoms with Gasteiger partial charge in [0.2, 0.25) is 10.0 Å². The Labute approximate surface area is 114 Å². The third-order valence-electron chi connectivity index (χ3n) is 3.68. The number of likely N-dealkylation sites (tertiary alicyclic amines) is 1. The van der Waals surface area contributed by atoms with Crippen molar-refractivity contribution < 1.29 is 8.42 Å². The fourth-order valence-electron chi connectivity index (χ4n) is 2.38. The summed E-state index contributed by atoms with van der Waals surface area (Å²) in [7, 11) is -1.39. The molecular formula is C12H22N4O2S. The molecule has 0 radical (unpaired) electrons. The van der Waals surface area contributed by atoms with Crippen molar-refractivity contribution in [2.75, 3.05) is 20.1 Å². The van der Waals surface area contributed by atoms with Crippen LogP contribution in [0.4, 0.5) is 0 Å². The lowest BCUT2D eigenvalue weighted by Crippen LogP contribution is -2.44. The maximum Gasteiger partial charge on any atom is 0.242 e. The van der Waals surface area contributed by atoms with Gasteiger partial charge in [-0.3, -0.25) is 0 Å². The smallest absolute Gasteiger partial charge is 0.242 e. The Kier molecular flexibility index (Phi) is 4.62. The summed E-state index contributed by atoms with van der Waals surface area (Å²) >= 11 is 0. The molecule has 0 spiro atoms. The number of aromatic nitrogens is 1. The standard InChI is InChI=1S/C12H22N4O2S/c1-16-5-3-2-4-11(16)8-15-19(17,18)12-6-10(7-13)14-9-12/h6,9,11,14-15H,2-5,7-8,13H2,1H3. The van der Waals surface area contributed by atoms with E-state index in [9.17, 15) is 8.42 Å². The molecule has 0 bridgehead atoms. The van der Waals surface area contributed by atoms with Gasteiger partial charge in [-0.15, -0.1) is 0 Å². The van der Waals surface area contributed by atoms with E-state index in [0.29, 0.717) is 13.1 Å². The monoisotopic (exact) mass is 286 g/mol. The highest BCUT2D eigenvalue weighted by Crippen LogP contribution is 2.15. The molecule has 1 aromatic rings. The van der Waals surface area contributed by atoms with Crippen LogP contribution in [-0.4, -0.2) is 44.5 Å². The van der Waals surface area contributed by atoms with Gasteiger partial charge < -0.3 is 15.6 Å². The lowest BCUT2D eigenvalue weighted by Gasteiger charge is -2.32. The number of nitrogens with one attached hydrogen (secondary N) is 2. The molecule has 1 aliphatic rings. The summed E-state index contributed by atoms with van der Waals surface area (Å²) in [5.74, 6) is 0. The van der Waals surface area contributed by atoms with Crippen molar-refractivity contribution in [3.8, 4) is 0 Å². The van der Waals surface area contributed by atoms with E-state index in [4.69, 9.17) is 5.73 Å². The highest BCUT2D eigenvalue weighted by molar-refractivity contribution is 7.89. The largest absolute Gasteiger partial charge is 0.363 e. The first-order chi connectivity index (χ1) is 9.03. The van der Waals surface area contributed by atoms with Gasteiger partial charge in [0, 0.05) is 31.0 Å². The fraction of sp³-hybridized carbons (Fsp3) is 0.667. The van der Waals surface area contributed by atoms with Gasteiger partial charge in [-0.1, -0.05) is 6.42 Å². The second-order valence-corrected chi connectivity index (χ2v) is 6.81. The van der Waals surface area contributed by atoms with Crippen molar-refractivity contribution in [2.24, 2.45) is 5.73 Å². The molecule has 1 atom stereocenters. The summed E-state index contributed by atoms with van der Waals surface area (Å²) in [5.41, 5.74) is 6.18. The van der Waals surface area contributed by atoms with Crippen LogP contribution in [0.1, 0.15) is 25.0 Å². The van der Waals surface area contributed by atoms with Crippen LogP contribution in [0.3, 0.4) is 0 Å². The average Bonchev–Trinajstić information content (AvgIpc) is 2.87. The third kappa shape index (κ3) is 3.56. The summed E-state index contributed by atoms with van der Waals surface area (Å²) in [4.78, 5) is 5.33. The van der Waals surface area contributed by atoms with Crippen LogP contribution in [0.25, 0.3) is 0 Å². The molecule has 1 aliphatic heterocycles. The van der Waals surface area contributed by atoms with Crippen LogP contribution < -0.4 is 10.5 Å². The number of hydrogen-bond donors (Lipinski definition) is 3. The number of piperidine rings is 1. The molecule has 7 heteroatoms. The number of nitrogens with two attached hydrogens (primary N) is 1. The molecule has 1 saturated heterocycles. The summed E-state index contributed by atoms with van der Waals surface area (Å²) < 4.78 is 26.9. The van der Waals surface area contributed by atoms with Crippen LogP contribution in [0.2, 0.25) is 0 Å². The summed E-state index contributed by atoms with van der Waals surface area (Å²) in [5, 5.41) is 0. The van der Waals surface area contributed by atoms with Gasteiger partial charge in [0.05, 0.1) is 4.90 Å². The van der Waals surface area contributed by atoms with Crippen LogP contribution in [0.5, 0.6) is 0 Å². The second-order valence-electron chi connectivity index (χ2n) is 5.05. The van der Waals surface area contributed by atoms with Gasteiger partial charge in [-0.2, -0.15) is 0 Å². The lowest BCUT2D eigenvalue weighted by atomic mass is 10.0. The second kappa shape index (κ2) is 6.04. The van der Waals surface area contributed by atoms with E-state index in [0.717, 1.165) is 25.1 Å². The molecule has 0 aromatic carbocycles. The van der Waals surface area contributed by atoms with Crippen LogP contribution in [-0.2, 0) is 16.6 Å². The van der Waals surface area contributed by atoms with Crippen molar-refractivity contribution in [3.63, 3.8) is 0 Å². The van der Waals surface area contributed by atoms with E-state index in [2.05, 4.69) is 14.6 Å². The summed E-state index contributed by atoms with van der Waals surface area (Å²) in [6.45, 7) is 1.80. The van der Waals surface area contributed by atoms with Crippen molar-refractivity contribution in [3.05, 3.63) is 18.0 Å². The maximum absolute atomic E-state index is 12.1. The van der Waals surface area contributed by atoms with E-state index in [-0.39, 0.29) is 10.9 Å². The van der Waals surface area contributed by atoms with Gasteiger partial charge in [0.1, 0.15) is 0 Å². The Hall–Kier alpha value is -0.890. The number of H-pyrrole nitrogens is 1. The van der Waals surface area contributed by atoms with Gasteiger partial charge in [-0.05, 0) is 32.5 Å². The van der Waals surface area contributed by atoms with Crippen molar-refractivity contribution in [1.29, 1.82) is 0 Å². The highest BCUT2D eigenvalue weighted by atomic mass is 32.2. The van der Waals surface area contributed by atoms with Gasteiger partial charge in [0.25, 0.3) is 0 Å². The molecule has 1 unspecified atom stereocenters. The van der Waals surface area contributed by atoms with E-state index in [1.54, 1.807) is 6.07 Å². The molecule has 4 N–H and O–H groups in total. The third-order valence-corrected chi connectivity index (χ3v) is 5.08. The number of aromatic amines is 1. The maximum atomic E-state index is 12.1. The molecule has 0 saturated carbocycles. The van der Waals surface area contributed by atoms with Crippen LogP contribution >= 0.6 is 0 Å². The highest BCUT2D eigenvalue weighted by Gasteiger charge is 2.22. The topological polar surface area (TPSA) is 91.2 Å². The quantitative estimate of drug-likeness (QED) is 0.723. The molecule has 2 rings (SSSR count). The molecule has 1 fully saturated rings. The number of hydrogen-bond acceptors (Lipinski definition) is 4. The molecular weight excluding hydrogens is 264 g/mol. The molecule has 2 heterocycles. The number of sulfonamides is 1. The normalized spacial score (nSPS) is 21.7. The fourth-order valence-corrected chi connectivity index (χ4v) is 3.47. The summed E-state index contributed by atoms with van der Waals surface area (Å²) in [6.07, 6.45) is 4.88. The Morgan fingerprint density at radius 3 is 2.95 bits per heavy atom. The van der Waals surface area contributed by atoms with Crippen LogP contribution in [0.15, 0.2) is 17.2 Å². The minimum atomic E-state index is -3.44.